The molecule has 0 saturated heterocycles. The minimum atomic E-state index is -0.232. The van der Waals surface area contributed by atoms with Gasteiger partial charge >= 0.3 is 0 Å². The topological polar surface area (TPSA) is 38.9 Å². The van der Waals surface area contributed by atoms with Crippen LogP contribution >= 0.6 is 11.3 Å². The molecule has 20 heavy (non-hydrogen) atoms. The third-order valence-corrected chi connectivity index (χ3v) is 3.89. The second kappa shape index (κ2) is 5.06. The third-order valence-electron chi connectivity index (χ3n) is 3.00. The molecule has 0 unspecified atom stereocenters. The Bertz CT molecular complexity index is 727. The van der Waals surface area contributed by atoms with Crippen LogP contribution in [0.4, 0.5) is 10.1 Å². The molecule has 0 radical (unpaired) electrons. The number of aromatic nitrogens is 1. The number of aryl methyl sites for hydroxylation is 1. The van der Waals surface area contributed by atoms with E-state index in [4.69, 9.17) is 5.73 Å². The van der Waals surface area contributed by atoms with E-state index in [9.17, 15) is 4.39 Å². The number of nitrogen functional groups attached to an aromatic ring is 1. The molecule has 1 aromatic heterocycles. The highest BCUT2D eigenvalue weighted by Gasteiger charge is 2.08. The lowest BCUT2D eigenvalue weighted by atomic mass is 10.1. The van der Waals surface area contributed by atoms with E-state index in [1.807, 2.05) is 42.6 Å². The molecular formula is C16H13FN2S. The summed E-state index contributed by atoms with van der Waals surface area (Å²) in [6.45, 7) is 1.88. The maximum absolute atomic E-state index is 13.5. The first kappa shape index (κ1) is 12.8. The van der Waals surface area contributed by atoms with E-state index < -0.39 is 0 Å². The summed E-state index contributed by atoms with van der Waals surface area (Å²) >= 11 is 1.51. The quantitative estimate of drug-likeness (QED) is 0.703. The molecule has 2 aromatic carbocycles. The van der Waals surface area contributed by atoms with Crippen LogP contribution in [0, 0.1) is 12.7 Å². The van der Waals surface area contributed by atoms with Crippen molar-refractivity contribution in [2.24, 2.45) is 0 Å². The first-order chi connectivity index (χ1) is 9.61. The minimum Gasteiger partial charge on any atom is -0.399 e. The van der Waals surface area contributed by atoms with Crippen LogP contribution in [-0.4, -0.2) is 4.98 Å². The summed E-state index contributed by atoms with van der Waals surface area (Å²) in [5.74, 6) is -0.232. The number of benzene rings is 2. The number of hydrogen-bond acceptors (Lipinski definition) is 3. The Kier molecular flexibility index (Phi) is 3.24. The summed E-state index contributed by atoms with van der Waals surface area (Å²) in [5.41, 5.74) is 10.00. The zero-order valence-corrected chi connectivity index (χ0v) is 11.7. The Morgan fingerprint density at radius 3 is 2.50 bits per heavy atom. The van der Waals surface area contributed by atoms with Crippen molar-refractivity contribution >= 4 is 17.0 Å². The molecule has 2 N–H and O–H groups in total. The van der Waals surface area contributed by atoms with Gasteiger partial charge in [-0.05, 0) is 42.8 Å². The number of nitrogens with zero attached hydrogens (tertiary/aromatic N) is 1. The van der Waals surface area contributed by atoms with Crippen LogP contribution in [0.2, 0.25) is 0 Å². The van der Waals surface area contributed by atoms with Crippen LogP contribution in [-0.2, 0) is 0 Å². The van der Waals surface area contributed by atoms with Crippen molar-refractivity contribution in [3.63, 3.8) is 0 Å². The summed E-state index contributed by atoms with van der Waals surface area (Å²) < 4.78 is 13.5. The molecule has 0 amide bonds. The predicted molar refractivity (Wildman–Crippen MR) is 82.1 cm³/mol. The van der Waals surface area contributed by atoms with Crippen molar-refractivity contribution < 1.29 is 4.39 Å². The van der Waals surface area contributed by atoms with E-state index in [0.29, 0.717) is 0 Å². The summed E-state index contributed by atoms with van der Waals surface area (Å²) in [4.78, 5) is 4.57. The van der Waals surface area contributed by atoms with Gasteiger partial charge in [0.1, 0.15) is 10.8 Å². The molecule has 0 aliphatic heterocycles. The average molecular weight is 284 g/mol. The zero-order valence-electron chi connectivity index (χ0n) is 10.9. The number of rotatable bonds is 2. The zero-order chi connectivity index (χ0) is 14.1. The van der Waals surface area contributed by atoms with Gasteiger partial charge < -0.3 is 5.73 Å². The van der Waals surface area contributed by atoms with Gasteiger partial charge in [-0.15, -0.1) is 11.3 Å². The van der Waals surface area contributed by atoms with E-state index in [1.165, 1.54) is 23.5 Å². The van der Waals surface area contributed by atoms with E-state index >= 15 is 0 Å². The fraction of sp³-hybridized carbons (Fsp3) is 0.0625. The van der Waals surface area contributed by atoms with Crippen LogP contribution in [0.25, 0.3) is 21.8 Å². The van der Waals surface area contributed by atoms with Crippen molar-refractivity contribution in [1.82, 2.24) is 4.98 Å². The highest BCUT2D eigenvalue weighted by Crippen LogP contribution is 2.30. The molecule has 100 valence electrons. The molecule has 0 spiro atoms. The molecule has 1 heterocycles. The SMILES string of the molecule is Cc1cc(F)cc(-c2nc(-c3ccc(N)cc3)cs2)c1. The highest BCUT2D eigenvalue weighted by atomic mass is 32.1. The van der Waals surface area contributed by atoms with Gasteiger partial charge in [-0.3, -0.25) is 0 Å². The molecule has 3 aromatic rings. The number of hydrogen-bond donors (Lipinski definition) is 1. The molecule has 4 heteroatoms. The van der Waals surface area contributed by atoms with Gasteiger partial charge in [-0.1, -0.05) is 12.1 Å². The van der Waals surface area contributed by atoms with Crippen molar-refractivity contribution in [1.29, 1.82) is 0 Å². The average Bonchev–Trinajstić information content (AvgIpc) is 2.88. The van der Waals surface area contributed by atoms with Crippen molar-refractivity contribution in [2.45, 2.75) is 6.92 Å². The molecule has 0 aliphatic carbocycles. The molecule has 0 fully saturated rings. The van der Waals surface area contributed by atoms with Gasteiger partial charge in [0.2, 0.25) is 0 Å². The fourth-order valence-electron chi connectivity index (χ4n) is 2.05. The molecule has 0 aliphatic rings. The summed E-state index contributed by atoms with van der Waals surface area (Å²) in [6.07, 6.45) is 0. The number of nitrogens with two attached hydrogens (primary N) is 1. The van der Waals surface area contributed by atoms with Gasteiger partial charge in [0, 0.05) is 22.2 Å². The van der Waals surface area contributed by atoms with Crippen LogP contribution in [0.3, 0.4) is 0 Å². The second-order valence-corrected chi connectivity index (χ2v) is 5.54. The Balaban J connectivity index is 1.99. The van der Waals surface area contributed by atoms with Gasteiger partial charge in [0.05, 0.1) is 5.69 Å². The van der Waals surface area contributed by atoms with E-state index in [0.717, 1.165) is 33.1 Å². The first-order valence-corrected chi connectivity index (χ1v) is 7.09. The van der Waals surface area contributed by atoms with Crippen molar-refractivity contribution in [3.05, 3.63) is 59.2 Å². The Labute approximate surface area is 120 Å². The van der Waals surface area contributed by atoms with E-state index in [1.54, 1.807) is 0 Å². The first-order valence-electron chi connectivity index (χ1n) is 6.21. The molecule has 2 nitrogen and oxygen atoms in total. The lowest BCUT2D eigenvalue weighted by Gasteiger charge is -2.00. The van der Waals surface area contributed by atoms with Crippen molar-refractivity contribution in [3.8, 4) is 21.8 Å². The maximum atomic E-state index is 13.5. The number of thiazole rings is 1. The number of halogens is 1. The van der Waals surface area contributed by atoms with Gasteiger partial charge in [-0.2, -0.15) is 0 Å². The summed E-state index contributed by atoms with van der Waals surface area (Å²) in [5, 5.41) is 2.79. The van der Waals surface area contributed by atoms with Gasteiger partial charge in [0.15, 0.2) is 0 Å². The smallest absolute Gasteiger partial charge is 0.124 e. The lowest BCUT2D eigenvalue weighted by molar-refractivity contribution is 0.627. The van der Waals surface area contributed by atoms with Crippen LogP contribution in [0.5, 0.6) is 0 Å². The largest absolute Gasteiger partial charge is 0.399 e. The lowest BCUT2D eigenvalue weighted by Crippen LogP contribution is -1.85. The Morgan fingerprint density at radius 2 is 1.80 bits per heavy atom. The Hall–Kier alpha value is -2.20. The normalized spacial score (nSPS) is 10.7. The maximum Gasteiger partial charge on any atom is 0.124 e. The van der Waals surface area contributed by atoms with Gasteiger partial charge in [-0.25, -0.2) is 9.37 Å². The van der Waals surface area contributed by atoms with Gasteiger partial charge in [0.25, 0.3) is 0 Å². The second-order valence-electron chi connectivity index (χ2n) is 4.68. The standard InChI is InChI=1S/C16H13FN2S/c1-10-6-12(8-13(17)7-10)16-19-15(9-20-16)11-2-4-14(18)5-3-11/h2-9H,18H2,1H3. The van der Waals surface area contributed by atoms with Crippen molar-refractivity contribution in [2.75, 3.05) is 5.73 Å². The fourth-order valence-corrected chi connectivity index (χ4v) is 2.87. The molecule has 0 saturated carbocycles. The molecule has 0 atom stereocenters. The number of anilines is 1. The van der Waals surface area contributed by atoms with E-state index in [2.05, 4.69) is 4.98 Å². The monoisotopic (exact) mass is 284 g/mol. The summed E-state index contributed by atoms with van der Waals surface area (Å²) in [7, 11) is 0. The van der Waals surface area contributed by atoms with Crippen LogP contribution in [0.15, 0.2) is 47.8 Å². The summed E-state index contributed by atoms with van der Waals surface area (Å²) in [6, 6.07) is 12.5. The minimum absolute atomic E-state index is 0.232. The van der Waals surface area contributed by atoms with Crippen LogP contribution < -0.4 is 5.73 Å². The molecular weight excluding hydrogens is 271 g/mol. The predicted octanol–water partition coefficient (Wildman–Crippen LogP) is 4.51. The Morgan fingerprint density at radius 1 is 1.05 bits per heavy atom. The van der Waals surface area contributed by atoms with Crippen LogP contribution in [0.1, 0.15) is 5.56 Å². The van der Waals surface area contributed by atoms with E-state index in [-0.39, 0.29) is 5.82 Å². The molecule has 3 rings (SSSR count). The third kappa shape index (κ3) is 2.56. The highest BCUT2D eigenvalue weighted by molar-refractivity contribution is 7.13. The molecule has 0 bridgehead atoms.